The summed E-state index contributed by atoms with van der Waals surface area (Å²) in [5.74, 6) is 1.78. The number of fused-ring (bicyclic) bond motifs is 6. The van der Waals surface area contributed by atoms with Gasteiger partial charge in [-0.2, -0.15) is 0 Å². The van der Waals surface area contributed by atoms with Gasteiger partial charge in [-0.15, -0.1) is 0 Å². The standard InChI is InChI=1S/C28H30N2O2/c1-5-15-29-25-13-7-20-18-22(32-4)10-12-24(20)28(25)30(16-6-2)26-14-8-19-17-21(31-3)9-11-23(19)27(26)29/h7-14,17-18H,5-6,15-16H2,1-4H3. The minimum Gasteiger partial charge on any atom is -0.497 e. The van der Waals surface area contributed by atoms with Gasteiger partial charge in [0.1, 0.15) is 11.5 Å². The minimum atomic E-state index is 0.890. The molecule has 4 aromatic carbocycles. The van der Waals surface area contributed by atoms with Gasteiger partial charge in [-0.3, -0.25) is 0 Å². The van der Waals surface area contributed by atoms with E-state index >= 15 is 0 Å². The van der Waals surface area contributed by atoms with E-state index in [1.807, 2.05) is 0 Å². The van der Waals surface area contributed by atoms with Gasteiger partial charge >= 0.3 is 0 Å². The molecule has 0 N–H and O–H groups in total. The number of rotatable bonds is 6. The van der Waals surface area contributed by atoms with Crippen molar-refractivity contribution in [2.75, 3.05) is 37.1 Å². The van der Waals surface area contributed by atoms with Crippen LogP contribution in [-0.4, -0.2) is 27.3 Å². The second kappa shape index (κ2) is 8.27. The third-order valence-electron chi connectivity index (χ3n) is 6.37. The van der Waals surface area contributed by atoms with Crippen LogP contribution in [0.3, 0.4) is 0 Å². The molecule has 0 bridgehead atoms. The van der Waals surface area contributed by atoms with E-state index in [4.69, 9.17) is 9.47 Å². The zero-order chi connectivity index (χ0) is 22.2. The summed E-state index contributed by atoms with van der Waals surface area (Å²) in [5.41, 5.74) is 5.13. The van der Waals surface area contributed by atoms with E-state index in [1.165, 1.54) is 44.3 Å². The van der Waals surface area contributed by atoms with Gasteiger partial charge in [-0.05, 0) is 72.1 Å². The Morgan fingerprint density at radius 1 is 0.594 bits per heavy atom. The highest BCUT2D eigenvalue weighted by atomic mass is 16.5. The first kappa shape index (κ1) is 20.5. The molecule has 0 aliphatic carbocycles. The highest BCUT2D eigenvalue weighted by molar-refractivity contribution is 6.13. The van der Waals surface area contributed by atoms with Crippen molar-refractivity contribution < 1.29 is 9.47 Å². The summed E-state index contributed by atoms with van der Waals surface area (Å²) in [5, 5.41) is 4.93. The molecule has 0 spiro atoms. The fourth-order valence-electron chi connectivity index (χ4n) is 4.97. The van der Waals surface area contributed by atoms with E-state index in [2.05, 4.69) is 84.3 Å². The van der Waals surface area contributed by atoms with Crippen molar-refractivity contribution >= 4 is 44.3 Å². The first-order chi connectivity index (χ1) is 15.7. The molecule has 164 valence electrons. The van der Waals surface area contributed by atoms with E-state index in [1.54, 1.807) is 14.2 Å². The second-order valence-corrected chi connectivity index (χ2v) is 8.34. The monoisotopic (exact) mass is 426 g/mol. The van der Waals surface area contributed by atoms with Crippen molar-refractivity contribution in [2.45, 2.75) is 26.7 Å². The fourth-order valence-corrected chi connectivity index (χ4v) is 4.97. The lowest BCUT2D eigenvalue weighted by atomic mass is 9.97. The van der Waals surface area contributed by atoms with E-state index in [0.29, 0.717) is 0 Å². The number of nitrogens with zero attached hydrogens (tertiary/aromatic N) is 2. The Morgan fingerprint density at radius 3 is 1.41 bits per heavy atom. The summed E-state index contributed by atoms with van der Waals surface area (Å²) >= 11 is 0. The van der Waals surface area contributed by atoms with Gasteiger partial charge in [-0.1, -0.05) is 26.0 Å². The molecule has 0 saturated heterocycles. The zero-order valence-electron chi connectivity index (χ0n) is 19.3. The first-order valence-electron chi connectivity index (χ1n) is 11.5. The Balaban J connectivity index is 1.82. The van der Waals surface area contributed by atoms with E-state index < -0.39 is 0 Å². The van der Waals surface area contributed by atoms with Gasteiger partial charge in [0, 0.05) is 23.9 Å². The lowest BCUT2D eigenvalue weighted by Gasteiger charge is -2.41. The maximum atomic E-state index is 5.49. The second-order valence-electron chi connectivity index (χ2n) is 8.34. The number of ether oxygens (including phenoxy) is 2. The molecule has 0 unspecified atom stereocenters. The SMILES string of the molecule is CCCN1c2ccc3cc(OC)ccc3c2N(CCC)c2ccc3cc(OC)ccc3c21. The third-order valence-corrected chi connectivity index (χ3v) is 6.37. The molecule has 0 aromatic heterocycles. The average molecular weight is 427 g/mol. The summed E-state index contributed by atoms with van der Waals surface area (Å²) in [7, 11) is 3.45. The molecular weight excluding hydrogens is 396 g/mol. The Morgan fingerprint density at radius 2 is 1.03 bits per heavy atom. The van der Waals surface area contributed by atoms with Crippen LogP contribution in [0.25, 0.3) is 21.5 Å². The molecule has 1 heterocycles. The first-order valence-corrected chi connectivity index (χ1v) is 11.5. The van der Waals surface area contributed by atoms with Crippen molar-refractivity contribution in [3.8, 4) is 11.5 Å². The summed E-state index contributed by atoms with van der Waals surface area (Å²) in [6, 6.07) is 21.8. The lowest BCUT2D eigenvalue weighted by molar-refractivity contribution is 0.415. The van der Waals surface area contributed by atoms with Crippen LogP contribution in [0, 0.1) is 0 Å². The molecular formula is C28H30N2O2. The number of hydrogen-bond donors (Lipinski definition) is 0. The molecule has 4 aromatic rings. The van der Waals surface area contributed by atoms with Crippen LogP contribution in [0.15, 0.2) is 60.7 Å². The van der Waals surface area contributed by atoms with E-state index in [0.717, 1.165) is 37.4 Å². The van der Waals surface area contributed by atoms with Crippen molar-refractivity contribution in [1.82, 2.24) is 0 Å². The highest BCUT2D eigenvalue weighted by Crippen LogP contribution is 2.53. The molecule has 0 fully saturated rings. The molecule has 4 nitrogen and oxygen atoms in total. The lowest BCUT2D eigenvalue weighted by Crippen LogP contribution is -2.31. The van der Waals surface area contributed by atoms with Crippen LogP contribution < -0.4 is 19.3 Å². The van der Waals surface area contributed by atoms with Crippen molar-refractivity contribution in [2.24, 2.45) is 0 Å². The van der Waals surface area contributed by atoms with Gasteiger partial charge in [0.05, 0.1) is 37.0 Å². The van der Waals surface area contributed by atoms with Gasteiger partial charge < -0.3 is 19.3 Å². The number of hydrogen-bond acceptors (Lipinski definition) is 4. The van der Waals surface area contributed by atoms with Crippen LogP contribution in [0.5, 0.6) is 11.5 Å². The molecule has 0 saturated carbocycles. The van der Waals surface area contributed by atoms with Crippen LogP contribution in [0.4, 0.5) is 22.7 Å². The molecule has 1 aliphatic heterocycles. The van der Waals surface area contributed by atoms with Crippen molar-refractivity contribution in [3.05, 3.63) is 60.7 Å². The van der Waals surface area contributed by atoms with Crippen LogP contribution >= 0.6 is 0 Å². The van der Waals surface area contributed by atoms with Gasteiger partial charge in [0.25, 0.3) is 0 Å². The van der Waals surface area contributed by atoms with Gasteiger partial charge in [0.15, 0.2) is 0 Å². The predicted octanol–water partition coefficient (Wildman–Crippen LogP) is 7.42. The Bertz CT molecular complexity index is 1200. The van der Waals surface area contributed by atoms with E-state index in [9.17, 15) is 0 Å². The van der Waals surface area contributed by atoms with Gasteiger partial charge in [-0.25, -0.2) is 0 Å². The maximum absolute atomic E-state index is 5.49. The minimum absolute atomic E-state index is 0.890. The number of benzene rings is 4. The molecule has 0 atom stereocenters. The summed E-state index contributed by atoms with van der Waals surface area (Å²) in [4.78, 5) is 5.02. The summed E-state index contributed by atoms with van der Waals surface area (Å²) in [6.45, 7) is 6.43. The third kappa shape index (κ3) is 3.13. The fraction of sp³-hybridized carbons (Fsp3) is 0.286. The van der Waals surface area contributed by atoms with Gasteiger partial charge in [0.2, 0.25) is 0 Å². The number of anilines is 4. The topological polar surface area (TPSA) is 24.9 Å². The van der Waals surface area contributed by atoms with Crippen LogP contribution in [0.1, 0.15) is 26.7 Å². The summed E-state index contributed by atoms with van der Waals surface area (Å²) < 4.78 is 11.0. The highest BCUT2D eigenvalue weighted by Gasteiger charge is 2.30. The zero-order valence-corrected chi connectivity index (χ0v) is 19.3. The predicted molar refractivity (Wildman–Crippen MR) is 136 cm³/mol. The molecule has 0 amide bonds. The van der Waals surface area contributed by atoms with Crippen molar-refractivity contribution in [1.29, 1.82) is 0 Å². The quantitative estimate of drug-likeness (QED) is 0.320. The molecule has 5 rings (SSSR count). The van der Waals surface area contributed by atoms with Crippen LogP contribution in [0.2, 0.25) is 0 Å². The maximum Gasteiger partial charge on any atom is 0.119 e. The van der Waals surface area contributed by atoms with Crippen molar-refractivity contribution in [3.63, 3.8) is 0 Å². The van der Waals surface area contributed by atoms with E-state index in [-0.39, 0.29) is 0 Å². The molecule has 1 aliphatic rings. The summed E-state index contributed by atoms with van der Waals surface area (Å²) in [6.07, 6.45) is 2.14. The largest absolute Gasteiger partial charge is 0.497 e. The Hall–Kier alpha value is -3.40. The smallest absolute Gasteiger partial charge is 0.119 e. The number of methoxy groups -OCH3 is 2. The molecule has 0 radical (unpaired) electrons. The Labute approximate surface area is 190 Å². The normalized spacial score (nSPS) is 12.8. The average Bonchev–Trinajstić information content (AvgIpc) is 2.84. The van der Waals surface area contributed by atoms with Crippen LogP contribution in [-0.2, 0) is 0 Å². The molecule has 4 heteroatoms. The molecule has 32 heavy (non-hydrogen) atoms. The Kier molecular flexibility index (Phi) is 5.30.